The molecular formula is C13H20N2S. The number of hydrogen-bond donors (Lipinski definition) is 1. The van der Waals surface area contributed by atoms with Crippen LogP contribution in [0, 0.1) is 5.41 Å². The van der Waals surface area contributed by atoms with E-state index in [9.17, 15) is 0 Å². The molecule has 0 radical (unpaired) electrons. The summed E-state index contributed by atoms with van der Waals surface area (Å²) in [4.78, 5) is 6.35. The highest BCUT2D eigenvalue weighted by atomic mass is 32.1. The van der Waals surface area contributed by atoms with Gasteiger partial charge in [0.2, 0.25) is 0 Å². The van der Waals surface area contributed by atoms with Crippen molar-refractivity contribution in [3.05, 3.63) is 15.6 Å². The van der Waals surface area contributed by atoms with E-state index in [0.717, 1.165) is 6.54 Å². The molecule has 16 heavy (non-hydrogen) atoms. The van der Waals surface area contributed by atoms with Gasteiger partial charge >= 0.3 is 0 Å². The molecule has 1 spiro atoms. The van der Waals surface area contributed by atoms with Crippen LogP contribution in [-0.2, 0) is 19.4 Å². The maximum atomic E-state index is 4.75. The molecule has 0 amide bonds. The van der Waals surface area contributed by atoms with E-state index in [4.69, 9.17) is 4.98 Å². The molecule has 88 valence electrons. The van der Waals surface area contributed by atoms with Crippen molar-refractivity contribution in [2.24, 2.45) is 5.41 Å². The first-order valence-electron chi connectivity index (χ1n) is 6.43. The van der Waals surface area contributed by atoms with Gasteiger partial charge in [-0.05, 0) is 44.6 Å². The van der Waals surface area contributed by atoms with Gasteiger partial charge in [-0.3, -0.25) is 0 Å². The van der Waals surface area contributed by atoms with Crippen LogP contribution in [-0.4, -0.2) is 12.0 Å². The maximum absolute atomic E-state index is 4.75. The Morgan fingerprint density at radius 1 is 1.31 bits per heavy atom. The molecule has 0 unspecified atom stereocenters. The summed E-state index contributed by atoms with van der Waals surface area (Å²) in [5, 5.41) is 4.48. The molecule has 3 rings (SSSR count). The first-order valence-corrected chi connectivity index (χ1v) is 7.25. The topological polar surface area (TPSA) is 24.9 Å². The summed E-state index contributed by atoms with van der Waals surface area (Å²) >= 11 is 1.95. The minimum absolute atomic E-state index is 0.677. The summed E-state index contributed by atoms with van der Waals surface area (Å²) in [6.45, 7) is 0.935. The highest BCUT2D eigenvalue weighted by molar-refractivity contribution is 7.11. The summed E-state index contributed by atoms with van der Waals surface area (Å²) in [7, 11) is 2.00. The zero-order valence-corrected chi connectivity index (χ0v) is 10.8. The van der Waals surface area contributed by atoms with E-state index in [2.05, 4.69) is 5.32 Å². The lowest BCUT2D eigenvalue weighted by atomic mass is 9.74. The largest absolute Gasteiger partial charge is 0.314 e. The normalized spacial score (nSPS) is 22.6. The van der Waals surface area contributed by atoms with Crippen LogP contribution < -0.4 is 5.32 Å². The Bertz CT molecular complexity index is 377. The van der Waals surface area contributed by atoms with E-state index in [1.165, 1.54) is 55.6 Å². The second-order valence-corrected chi connectivity index (χ2v) is 6.56. The molecule has 1 N–H and O–H groups in total. The zero-order chi connectivity index (χ0) is 11.0. The summed E-state index contributed by atoms with van der Waals surface area (Å²) in [6, 6.07) is 0. The van der Waals surface area contributed by atoms with Gasteiger partial charge in [-0.2, -0.15) is 0 Å². The lowest BCUT2D eigenvalue weighted by molar-refractivity contribution is 0.256. The van der Waals surface area contributed by atoms with Gasteiger partial charge in [0.15, 0.2) is 0 Å². The van der Waals surface area contributed by atoms with Gasteiger partial charge in [-0.25, -0.2) is 4.98 Å². The first-order chi connectivity index (χ1) is 7.81. The van der Waals surface area contributed by atoms with Crippen LogP contribution >= 0.6 is 11.3 Å². The fourth-order valence-electron chi connectivity index (χ4n) is 3.36. The van der Waals surface area contributed by atoms with E-state index in [1.54, 1.807) is 4.88 Å². The third kappa shape index (κ3) is 1.80. The Hall–Kier alpha value is -0.410. The quantitative estimate of drug-likeness (QED) is 0.854. The predicted octanol–water partition coefficient (Wildman–Crippen LogP) is 2.91. The van der Waals surface area contributed by atoms with Crippen molar-refractivity contribution in [2.45, 2.75) is 51.5 Å². The van der Waals surface area contributed by atoms with Crippen molar-refractivity contribution >= 4 is 11.3 Å². The molecule has 0 saturated heterocycles. The second kappa shape index (κ2) is 4.11. The minimum atomic E-state index is 0.677. The van der Waals surface area contributed by atoms with Crippen LogP contribution in [0.5, 0.6) is 0 Å². The molecule has 1 saturated carbocycles. The molecule has 2 nitrogen and oxygen atoms in total. The minimum Gasteiger partial charge on any atom is -0.314 e. The smallest absolute Gasteiger partial charge is 0.107 e. The fraction of sp³-hybridized carbons (Fsp3) is 0.769. The van der Waals surface area contributed by atoms with Crippen LogP contribution in [0.15, 0.2) is 0 Å². The number of hydrogen-bond acceptors (Lipinski definition) is 3. The lowest BCUT2D eigenvalue weighted by Gasteiger charge is -2.32. The molecule has 3 heteroatoms. The molecule has 2 aliphatic rings. The SMILES string of the molecule is CNCc1nc2c(s1)CC1(CCCC1)CC2. The van der Waals surface area contributed by atoms with Gasteiger partial charge in [0.05, 0.1) is 5.69 Å². The van der Waals surface area contributed by atoms with Crippen molar-refractivity contribution in [1.29, 1.82) is 0 Å². The van der Waals surface area contributed by atoms with Crippen molar-refractivity contribution in [3.63, 3.8) is 0 Å². The van der Waals surface area contributed by atoms with Gasteiger partial charge in [0.1, 0.15) is 5.01 Å². The lowest BCUT2D eigenvalue weighted by Crippen LogP contribution is -2.24. The fourth-order valence-corrected chi connectivity index (χ4v) is 4.66. The average molecular weight is 236 g/mol. The first kappa shape index (κ1) is 10.7. The third-order valence-electron chi connectivity index (χ3n) is 4.24. The van der Waals surface area contributed by atoms with Crippen molar-refractivity contribution in [1.82, 2.24) is 10.3 Å². The predicted molar refractivity (Wildman–Crippen MR) is 67.8 cm³/mol. The molecule has 1 aromatic rings. The number of aryl methyl sites for hydroxylation is 1. The van der Waals surface area contributed by atoms with E-state index >= 15 is 0 Å². The summed E-state index contributed by atoms with van der Waals surface area (Å²) in [5.41, 5.74) is 2.09. The zero-order valence-electron chi connectivity index (χ0n) is 10.0. The Morgan fingerprint density at radius 2 is 2.12 bits per heavy atom. The van der Waals surface area contributed by atoms with Crippen molar-refractivity contribution in [2.75, 3.05) is 7.05 Å². The van der Waals surface area contributed by atoms with Crippen LogP contribution in [0.25, 0.3) is 0 Å². The molecular weight excluding hydrogens is 216 g/mol. The number of thiazole rings is 1. The molecule has 0 atom stereocenters. The molecule has 0 bridgehead atoms. The van der Waals surface area contributed by atoms with Crippen LogP contribution in [0.4, 0.5) is 0 Å². The van der Waals surface area contributed by atoms with Gasteiger partial charge in [0, 0.05) is 11.4 Å². The summed E-state index contributed by atoms with van der Waals surface area (Å²) in [6.07, 6.45) is 9.79. The monoisotopic (exact) mass is 236 g/mol. The average Bonchev–Trinajstić information content (AvgIpc) is 2.86. The second-order valence-electron chi connectivity index (χ2n) is 5.39. The van der Waals surface area contributed by atoms with Crippen molar-refractivity contribution < 1.29 is 0 Å². The molecule has 0 aliphatic heterocycles. The molecule has 1 fully saturated rings. The van der Waals surface area contributed by atoms with Gasteiger partial charge in [0.25, 0.3) is 0 Å². The number of aromatic nitrogens is 1. The van der Waals surface area contributed by atoms with Gasteiger partial charge in [-0.15, -0.1) is 11.3 Å². The van der Waals surface area contributed by atoms with E-state index in [0.29, 0.717) is 5.41 Å². The summed E-state index contributed by atoms with van der Waals surface area (Å²) in [5.74, 6) is 0. The molecule has 2 aliphatic carbocycles. The number of fused-ring (bicyclic) bond motifs is 1. The van der Waals surface area contributed by atoms with Crippen LogP contribution in [0.3, 0.4) is 0 Å². The van der Waals surface area contributed by atoms with Crippen molar-refractivity contribution in [3.8, 4) is 0 Å². The van der Waals surface area contributed by atoms with E-state index < -0.39 is 0 Å². The highest BCUT2D eigenvalue weighted by Gasteiger charge is 2.38. The standard InChI is InChI=1S/C13H20N2S/c1-14-9-12-15-10-4-7-13(5-2-3-6-13)8-11(10)16-12/h14H,2-9H2,1H3. The Kier molecular flexibility index (Phi) is 2.76. The van der Waals surface area contributed by atoms with Gasteiger partial charge in [-0.1, -0.05) is 12.8 Å². The Morgan fingerprint density at radius 3 is 2.88 bits per heavy atom. The molecule has 0 aromatic carbocycles. The molecule has 1 heterocycles. The Balaban J connectivity index is 1.82. The van der Waals surface area contributed by atoms with Gasteiger partial charge < -0.3 is 5.32 Å². The highest BCUT2D eigenvalue weighted by Crippen LogP contribution is 2.48. The number of nitrogens with zero attached hydrogens (tertiary/aromatic N) is 1. The number of nitrogens with one attached hydrogen (secondary N) is 1. The molecule has 1 aromatic heterocycles. The van der Waals surface area contributed by atoms with E-state index in [1.807, 2.05) is 18.4 Å². The summed E-state index contributed by atoms with van der Waals surface area (Å²) < 4.78 is 0. The third-order valence-corrected chi connectivity index (χ3v) is 5.34. The maximum Gasteiger partial charge on any atom is 0.107 e. The van der Waals surface area contributed by atoms with Crippen LogP contribution in [0.2, 0.25) is 0 Å². The van der Waals surface area contributed by atoms with Crippen LogP contribution in [0.1, 0.15) is 47.7 Å². The Labute approximate surface area is 101 Å². The van der Waals surface area contributed by atoms with E-state index in [-0.39, 0.29) is 0 Å². The number of rotatable bonds is 2.